The normalized spacial score (nSPS) is 14.5. The molecule has 0 unspecified atom stereocenters. The van der Waals surface area contributed by atoms with Crippen LogP contribution in [0.4, 0.5) is 11.4 Å². The molecule has 0 bridgehead atoms. The topological polar surface area (TPSA) is 103 Å². The lowest BCUT2D eigenvalue weighted by molar-refractivity contribution is -0.384. The van der Waals surface area contributed by atoms with Crippen molar-refractivity contribution in [2.75, 3.05) is 25.0 Å². The first-order valence-electron chi connectivity index (χ1n) is 12.4. The molecule has 0 saturated carbocycles. The largest absolute Gasteiger partial charge is 0.486 e. The van der Waals surface area contributed by atoms with Gasteiger partial charge in [0.2, 0.25) is 5.91 Å². The first-order valence-corrected chi connectivity index (χ1v) is 12.4. The van der Waals surface area contributed by atoms with Gasteiger partial charge in [-0.25, -0.2) is 4.98 Å². The third-order valence-corrected chi connectivity index (χ3v) is 6.70. The Kier molecular flexibility index (Phi) is 7.41. The molecule has 9 heteroatoms. The van der Waals surface area contributed by atoms with Crippen LogP contribution in [0, 0.1) is 16.0 Å². The van der Waals surface area contributed by atoms with Crippen molar-refractivity contribution in [3.8, 4) is 5.75 Å². The van der Waals surface area contributed by atoms with Crippen molar-refractivity contribution in [3.63, 3.8) is 0 Å². The quantitative estimate of drug-likeness (QED) is 0.260. The molecule has 1 N–H and O–H groups in total. The number of nitro groups is 1. The summed E-state index contributed by atoms with van der Waals surface area (Å²) in [5.41, 5.74) is 2.46. The highest BCUT2D eigenvalue weighted by atomic mass is 16.6. The van der Waals surface area contributed by atoms with Crippen LogP contribution in [0.3, 0.4) is 0 Å². The monoisotopic (exact) mass is 499 g/mol. The first-order chi connectivity index (χ1) is 18.0. The highest BCUT2D eigenvalue weighted by Gasteiger charge is 2.23. The highest BCUT2D eigenvalue weighted by Crippen LogP contribution is 2.25. The molecular formula is C28H29N5O4. The van der Waals surface area contributed by atoms with Crippen LogP contribution in [0.15, 0.2) is 78.9 Å². The number of imidazole rings is 1. The molecule has 0 atom stereocenters. The summed E-state index contributed by atoms with van der Waals surface area (Å²) in [6.07, 6.45) is 1.94. The lowest BCUT2D eigenvalue weighted by Gasteiger charge is -2.32. The Morgan fingerprint density at radius 1 is 1.03 bits per heavy atom. The number of para-hydroxylation sites is 3. The summed E-state index contributed by atoms with van der Waals surface area (Å²) < 4.78 is 8.28. The number of nitro benzene ring substituents is 1. The lowest BCUT2D eigenvalue weighted by atomic mass is 9.96. The van der Waals surface area contributed by atoms with Crippen LogP contribution in [0.2, 0.25) is 0 Å². The van der Waals surface area contributed by atoms with Gasteiger partial charge in [0, 0.05) is 24.4 Å². The summed E-state index contributed by atoms with van der Waals surface area (Å²) in [5, 5.41) is 13.7. The fourth-order valence-corrected chi connectivity index (χ4v) is 4.79. The second kappa shape index (κ2) is 11.2. The number of likely N-dealkylation sites (tertiary alicyclic amines) is 1. The van der Waals surface area contributed by atoms with E-state index in [1.54, 1.807) is 12.1 Å². The molecule has 190 valence electrons. The van der Waals surface area contributed by atoms with E-state index in [-0.39, 0.29) is 18.1 Å². The van der Waals surface area contributed by atoms with E-state index in [2.05, 4.69) is 20.9 Å². The van der Waals surface area contributed by atoms with Crippen molar-refractivity contribution >= 4 is 28.3 Å². The van der Waals surface area contributed by atoms with Gasteiger partial charge in [-0.15, -0.1) is 0 Å². The fourth-order valence-electron chi connectivity index (χ4n) is 4.79. The summed E-state index contributed by atoms with van der Waals surface area (Å²) >= 11 is 0. The molecule has 9 nitrogen and oxygen atoms in total. The summed E-state index contributed by atoms with van der Waals surface area (Å²) in [6.45, 7) is 3.14. The van der Waals surface area contributed by atoms with E-state index >= 15 is 0 Å². The van der Waals surface area contributed by atoms with Crippen LogP contribution >= 0.6 is 0 Å². The zero-order chi connectivity index (χ0) is 25.6. The van der Waals surface area contributed by atoms with Crippen molar-refractivity contribution < 1.29 is 14.5 Å². The van der Waals surface area contributed by atoms with Crippen molar-refractivity contribution in [2.24, 2.45) is 5.92 Å². The van der Waals surface area contributed by atoms with E-state index in [1.165, 1.54) is 12.1 Å². The van der Waals surface area contributed by atoms with Crippen LogP contribution in [0.25, 0.3) is 11.0 Å². The summed E-state index contributed by atoms with van der Waals surface area (Å²) in [7, 11) is 0. The van der Waals surface area contributed by atoms with Crippen LogP contribution in [-0.2, 0) is 17.9 Å². The van der Waals surface area contributed by atoms with Crippen LogP contribution < -0.4 is 10.1 Å². The van der Waals surface area contributed by atoms with E-state index < -0.39 is 4.92 Å². The molecule has 2 heterocycles. The number of rotatable bonds is 9. The number of piperidine rings is 1. The van der Waals surface area contributed by atoms with Crippen molar-refractivity contribution in [2.45, 2.75) is 26.0 Å². The fraction of sp³-hybridized carbons (Fsp3) is 0.286. The Labute approximate surface area is 214 Å². The van der Waals surface area contributed by atoms with E-state index in [1.807, 2.05) is 48.5 Å². The Hall–Kier alpha value is -4.24. The minimum Gasteiger partial charge on any atom is -0.486 e. The standard InChI is InChI=1S/C28H29N5O4/c34-28(29-22-7-6-8-23(17-22)33(35)36)19-31-15-13-21(14-16-31)18-32-26-12-5-4-11-25(26)30-27(32)20-37-24-9-2-1-3-10-24/h1-12,17,21H,13-16,18-20H2,(H,29,34). The number of benzene rings is 3. The molecule has 1 aliphatic rings. The Bertz CT molecular complexity index is 1380. The second-order valence-electron chi connectivity index (χ2n) is 9.30. The Balaban J connectivity index is 1.18. The van der Waals surface area contributed by atoms with Gasteiger partial charge in [0.25, 0.3) is 5.69 Å². The zero-order valence-electron chi connectivity index (χ0n) is 20.5. The predicted octanol–water partition coefficient (Wildman–Crippen LogP) is 4.87. The minimum atomic E-state index is -0.469. The molecule has 3 aromatic carbocycles. The van der Waals surface area contributed by atoms with Gasteiger partial charge < -0.3 is 14.6 Å². The molecule has 5 rings (SSSR count). The summed E-state index contributed by atoms with van der Waals surface area (Å²) in [4.78, 5) is 30.0. The number of hydrogen-bond acceptors (Lipinski definition) is 6. The average molecular weight is 500 g/mol. The van der Waals surface area contributed by atoms with Gasteiger partial charge in [-0.3, -0.25) is 19.8 Å². The minimum absolute atomic E-state index is 0.0424. The van der Waals surface area contributed by atoms with E-state index in [4.69, 9.17) is 9.72 Å². The number of hydrogen-bond donors (Lipinski definition) is 1. The molecule has 0 aliphatic carbocycles. The molecule has 1 amide bonds. The molecule has 1 aliphatic heterocycles. The molecule has 37 heavy (non-hydrogen) atoms. The molecule has 1 fully saturated rings. The summed E-state index contributed by atoms with van der Waals surface area (Å²) in [5.74, 6) is 2.02. The molecule has 0 spiro atoms. The van der Waals surface area contributed by atoms with E-state index in [0.717, 1.165) is 55.1 Å². The average Bonchev–Trinajstić information content (AvgIpc) is 3.26. The number of non-ortho nitro benzene ring substituents is 1. The van der Waals surface area contributed by atoms with Crippen LogP contribution in [0.1, 0.15) is 18.7 Å². The maximum Gasteiger partial charge on any atom is 0.271 e. The van der Waals surface area contributed by atoms with Crippen LogP contribution in [0.5, 0.6) is 5.75 Å². The van der Waals surface area contributed by atoms with Crippen LogP contribution in [-0.4, -0.2) is 44.9 Å². The number of nitrogens with zero attached hydrogens (tertiary/aromatic N) is 4. The first kappa shape index (κ1) is 24.5. The van der Waals surface area contributed by atoms with E-state index in [9.17, 15) is 14.9 Å². The number of carbonyl (C=O) groups is 1. The number of ether oxygens (including phenoxy) is 1. The third-order valence-electron chi connectivity index (χ3n) is 6.70. The van der Waals surface area contributed by atoms with Gasteiger partial charge in [0.05, 0.1) is 22.5 Å². The molecule has 1 saturated heterocycles. The molecule has 1 aromatic heterocycles. The van der Waals surface area contributed by atoms with Crippen molar-refractivity contribution in [1.29, 1.82) is 0 Å². The van der Waals surface area contributed by atoms with E-state index in [0.29, 0.717) is 18.2 Å². The maximum atomic E-state index is 12.5. The van der Waals surface area contributed by atoms with Gasteiger partial charge in [0.15, 0.2) is 0 Å². The van der Waals surface area contributed by atoms with Gasteiger partial charge in [-0.2, -0.15) is 0 Å². The summed E-state index contributed by atoms with van der Waals surface area (Å²) in [6, 6.07) is 23.9. The zero-order valence-corrected chi connectivity index (χ0v) is 20.5. The smallest absolute Gasteiger partial charge is 0.271 e. The lowest BCUT2D eigenvalue weighted by Crippen LogP contribution is -2.40. The van der Waals surface area contributed by atoms with Gasteiger partial charge in [0.1, 0.15) is 18.2 Å². The second-order valence-corrected chi connectivity index (χ2v) is 9.30. The SMILES string of the molecule is O=C(CN1CCC(Cn2c(COc3ccccc3)nc3ccccc32)CC1)Nc1cccc([N+](=O)[O-])c1. The number of carbonyl (C=O) groups excluding carboxylic acids is 1. The molecule has 0 radical (unpaired) electrons. The van der Waals surface area contributed by atoms with Crippen molar-refractivity contribution in [3.05, 3.63) is 94.8 Å². The Morgan fingerprint density at radius 2 is 1.78 bits per heavy atom. The number of fused-ring (bicyclic) bond motifs is 1. The highest BCUT2D eigenvalue weighted by molar-refractivity contribution is 5.92. The van der Waals surface area contributed by atoms with Crippen molar-refractivity contribution in [1.82, 2.24) is 14.5 Å². The number of amides is 1. The van der Waals surface area contributed by atoms with Gasteiger partial charge in [-0.05, 0) is 62.2 Å². The molecule has 4 aromatic rings. The number of anilines is 1. The van der Waals surface area contributed by atoms with Gasteiger partial charge in [-0.1, -0.05) is 36.4 Å². The maximum absolute atomic E-state index is 12.5. The third kappa shape index (κ3) is 6.13. The number of nitrogens with one attached hydrogen (secondary N) is 1. The molecular weight excluding hydrogens is 470 g/mol. The predicted molar refractivity (Wildman–Crippen MR) is 141 cm³/mol. The number of aromatic nitrogens is 2. The Morgan fingerprint density at radius 3 is 2.57 bits per heavy atom. The van der Waals surface area contributed by atoms with Gasteiger partial charge >= 0.3 is 0 Å².